The smallest absolute Gasteiger partial charge is 0.289 e. The number of benzene rings is 1. The molecular weight excluding hydrogens is 297 g/mol. The fraction of sp³-hybridized carbons (Fsp3) is 0.357. The van der Waals surface area contributed by atoms with Gasteiger partial charge in [0.25, 0.3) is 5.91 Å². The topological polar surface area (TPSA) is 67.6 Å². The molecule has 0 saturated carbocycles. The van der Waals surface area contributed by atoms with Gasteiger partial charge in [-0.2, -0.15) is 0 Å². The third-order valence-corrected chi connectivity index (χ3v) is 5.35. The second kappa shape index (κ2) is 4.84. The van der Waals surface area contributed by atoms with E-state index in [1.54, 1.807) is 19.1 Å². The van der Waals surface area contributed by atoms with Crippen LogP contribution in [0.4, 0.5) is 4.39 Å². The van der Waals surface area contributed by atoms with Crippen LogP contribution in [0.2, 0.25) is 0 Å². The Labute approximate surface area is 121 Å². The van der Waals surface area contributed by atoms with Gasteiger partial charge in [0.1, 0.15) is 0 Å². The molecule has 1 fully saturated rings. The molecule has 1 aliphatic rings. The number of hydrogen-bond donors (Lipinski definition) is 0. The first-order chi connectivity index (χ1) is 9.89. The lowest BCUT2D eigenvalue weighted by molar-refractivity contribution is 0.0739. The molecule has 1 amide bonds. The van der Waals surface area contributed by atoms with Crippen molar-refractivity contribution in [2.24, 2.45) is 0 Å². The summed E-state index contributed by atoms with van der Waals surface area (Å²) in [5.41, 5.74) is 0.630. The average molecular weight is 311 g/mol. The molecule has 2 heterocycles. The molecule has 5 nitrogen and oxygen atoms in total. The molecule has 1 aliphatic heterocycles. The number of fused-ring (bicyclic) bond motifs is 1. The van der Waals surface area contributed by atoms with Gasteiger partial charge in [0.2, 0.25) is 0 Å². The van der Waals surface area contributed by atoms with Crippen molar-refractivity contribution in [2.45, 2.75) is 6.92 Å². The summed E-state index contributed by atoms with van der Waals surface area (Å²) in [5.74, 6) is -0.929. The van der Waals surface area contributed by atoms with Crippen molar-refractivity contribution in [3.8, 4) is 0 Å². The van der Waals surface area contributed by atoms with E-state index < -0.39 is 21.6 Å². The summed E-state index contributed by atoms with van der Waals surface area (Å²) in [6.07, 6.45) is 0. The van der Waals surface area contributed by atoms with Crippen molar-refractivity contribution >= 4 is 26.7 Å². The van der Waals surface area contributed by atoms with Gasteiger partial charge in [-0.15, -0.1) is 0 Å². The Kier molecular flexibility index (Phi) is 3.24. The van der Waals surface area contributed by atoms with Crippen LogP contribution >= 0.6 is 0 Å². The van der Waals surface area contributed by atoms with Crippen LogP contribution in [0.1, 0.15) is 16.1 Å². The zero-order chi connectivity index (χ0) is 15.2. The Bertz CT molecular complexity index is 811. The SMILES string of the molecule is Cc1c(C(=O)N2CCS(=O)(=O)CC2)oc2c(F)cccc12. The van der Waals surface area contributed by atoms with Crippen LogP contribution in [0.25, 0.3) is 11.0 Å². The second-order valence-corrected chi connectivity index (χ2v) is 7.42. The number of halogens is 1. The molecule has 1 saturated heterocycles. The summed E-state index contributed by atoms with van der Waals surface area (Å²) in [6, 6.07) is 4.52. The van der Waals surface area contributed by atoms with Crippen molar-refractivity contribution in [3.63, 3.8) is 0 Å². The fourth-order valence-corrected chi connectivity index (χ4v) is 3.67. The molecule has 112 valence electrons. The Hall–Kier alpha value is -1.89. The van der Waals surface area contributed by atoms with E-state index in [1.165, 1.54) is 11.0 Å². The Morgan fingerprint density at radius 2 is 1.95 bits per heavy atom. The molecule has 0 radical (unpaired) electrons. The summed E-state index contributed by atoms with van der Waals surface area (Å²) >= 11 is 0. The van der Waals surface area contributed by atoms with Crippen molar-refractivity contribution in [1.82, 2.24) is 4.90 Å². The highest BCUT2D eigenvalue weighted by Gasteiger charge is 2.29. The Morgan fingerprint density at radius 1 is 1.29 bits per heavy atom. The molecule has 21 heavy (non-hydrogen) atoms. The summed E-state index contributed by atoms with van der Waals surface area (Å²) < 4.78 is 41.9. The van der Waals surface area contributed by atoms with Gasteiger partial charge in [-0.05, 0) is 13.0 Å². The Balaban J connectivity index is 1.96. The molecule has 1 aromatic heterocycles. The van der Waals surface area contributed by atoms with Gasteiger partial charge >= 0.3 is 0 Å². The van der Waals surface area contributed by atoms with Gasteiger partial charge in [-0.1, -0.05) is 12.1 Å². The van der Waals surface area contributed by atoms with Gasteiger partial charge in [0.05, 0.1) is 11.5 Å². The third kappa shape index (κ3) is 2.42. The molecule has 1 aromatic carbocycles. The second-order valence-electron chi connectivity index (χ2n) is 5.12. The minimum atomic E-state index is -3.06. The van der Waals surface area contributed by atoms with E-state index in [0.29, 0.717) is 10.9 Å². The third-order valence-electron chi connectivity index (χ3n) is 3.74. The maximum Gasteiger partial charge on any atom is 0.289 e. The van der Waals surface area contributed by atoms with Crippen molar-refractivity contribution in [3.05, 3.63) is 35.3 Å². The van der Waals surface area contributed by atoms with Crippen molar-refractivity contribution in [1.29, 1.82) is 0 Å². The minimum absolute atomic E-state index is 0.0492. The zero-order valence-electron chi connectivity index (χ0n) is 11.4. The largest absolute Gasteiger partial charge is 0.448 e. The average Bonchev–Trinajstić information content (AvgIpc) is 2.77. The van der Waals surface area contributed by atoms with Crippen LogP contribution in [0.3, 0.4) is 0 Å². The van der Waals surface area contributed by atoms with Crippen LogP contribution in [-0.4, -0.2) is 43.8 Å². The van der Waals surface area contributed by atoms with E-state index in [9.17, 15) is 17.6 Å². The highest BCUT2D eigenvalue weighted by atomic mass is 32.2. The lowest BCUT2D eigenvalue weighted by atomic mass is 10.1. The van der Waals surface area contributed by atoms with E-state index in [0.717, 1.165) is 0 Å². The molecule has 0 bridgehead atoms. The van der Waals surface area contributed by atoms with E-state index in [1.807, 2.05) is 0 Å². The molecule has 0 atom stereocenters. The number of rotatable bonds is 1. The fourth-order valence-electron chi connectivity index (χ4n) is 2.47. The lowest BCUT2D eigenvalue weighted by Gasteiger charge is -2.26. The monoisotopic (exact) mass is 311 g/mol. The van der Waals surface area contributed by atoms with Crippen molar-refractivity contribution < 1.29 is 22.0 Å². The minimum Gasteiger partial charge on any atom is -0.448 e. The molecule has 0 aliphatic carbocycles. The lowest BCUT2D eigenvalue weighted by Crippen LogP contribution is -2.43. The first kappa shape index (κ1) is 14.1. The summed E-state index contributed by atoms with van der Waals surface area (Å²) in [6.45, 7) is 1.97. The maximum absolute atomic E-state index is 13.7. The Morgan fingerprint density at radius 3 is 2.57 bits per heavy atom. The molecule has 3 rings (SSSR count). The predicted octanol–water partition coefficient (Wildman–Crippen LogP) is 1.75. The number of nitrogens with zero attached hydrogens (tertiary/aromatic N) is 1. The number of aryl methyl sites for hydroxylation is 1. The van der Waals surface area contributed by atoms with E-state index >= 15 is 0 Å². The first-order valence-electron chi connectivity index (χ1n) is 6.56. The predicted molar refractivity (Wildman–Crippen MR) is 75.5 cm³/mol. The van der Waals surface area contributed by atoms with Gasteiger partial charge in [-0.25, -0.2) is 12.8 Å². The number of hydrogen-bond acceptors (Lipinski definition) is 4. The van der Waals surface area contributed by atoms with E-state index in [-0.39, 0.29) is 35.9 Å². The number of carbonyl (C=O) groups excluding carboxylic acids is 1. The molecule has 7 heteroatoms. The number of amides is 1. The van der Waals surface area contributed by atoms with Crippen molar-refractivity contribution in [2.75, 3.05) is 24.6 Å². The van der Waals surface area contributed by atoms with Gasteiger partial charge in [-0.3, -0.25) is 4.79 Å². The van der Waals surface area contributed by atoms with Gasteiger partial charge < -0.3 is 9.32 Å². The standard InChI is InChI=1S/C14H14FNO4S/c1-9-10-3-2-4-11(15)13(10)20-12(9)14(17)16-5-7-21(18,19)8-6-16/h2-4H,5-8H2,1H3. The highest BCUT2D eigenvalue weighted by molar-refractivity contribution is 7.91. The molecular formula is C14H14FNO4S. The molecule has 0 N–H and O–H groups in total. The highest BCUT2D eigenvalue weighted by Crippen LogP contribution is 2.28. The van der Waals surface area contributed by atoms with E-state index in [2.05, 4.69) is 0 Å². The number of carbonyl (C=O) groups is 1. The number of furan rings is 1. The summed E-state index contributed by atoms with van der Waals surface area (Å²) in [4.78, 5) is 13.9. The van der Waals surface area contributed by atoms with Crippen LogP contribution in [0.5, 0.6) is 0 Å². The van der Waals surface area contributed by atoms with Gasteiger partial charge in [0.15, 0.2) is 27.0 Å². The maximum atomic E-state index is 13.7. The van der Waals surface area contributed by atoms with Crippen LogP contribution < -0.4 is 0 Å². The molecule has 2 aromatic rings. The zero-order valence-corrected chi connectivity index (χ0v) is 12.2. The van der Waals surface area contributed by atoms with Gasteiger partial charge in [0, 0.05) is 24.0 Å². The van der Waals surface area contributed by atoms with Crippen LogP contribution in [-0.2, 0) is 9.84 Å². The molecule has 0 unspecified atom stereocenters. The van der Waals surface area contributed by atoms with E-state index in [4.69, 9.17) is 4.42 Å². The summed E-state index contributed by atoms with van der Waals surface area (Å²) in [7, 11) is -3.06. The van der Waals surface area contributed by atoms with Crippen LogP contribution in [0.15, 0.2) is 22.6 Å². The quantitative estimate of drug-likeness (QED) is 0.804. The number of para-hydroxylation sites is 1. The number of sulfone groups is 1. The summed E-state index contributed by atoms with van der Waals surface area (Å²) in [5, 5.41) is 0.558. The molecule has 0 spiro atoms. The first-order valence-corrected chi connectivity index (χ1v) is 8.38. The van der Waals surface area contributed by atoms with Crippen LogP contribution in [0, 0.1) is 12.7 Å². The normalized spacial score (nSPS) is 18.1.